The number of H-pyrrole nitrogens is 1. The van der Waals surface area contributed by atoms with Gasteiger partial charge in [-0.15, -0.1) is 16.5 Å². The second kappa shape index (κ2) is 6.96. The maximum Gasteiger partial charge on any atom is 0.185 e. The lowest BCUT2D eigenvalue weighted by Gasteiger charge is -1.99. The average molecular weight is 363 g/mol. The molecule has 0 radical (unpaired) electrons. The van der Waals surface area contributed by atoms with Gasteiger partial charge in [0.05, 0.1) is 11.9 Å². The van der Waals surface area contributed by atoms with Gasteiger partial charge in [-0.1, -0.05) is 39.0 Å². The van der Waals surface area contributed by atoms with Gasteiger partial charge in [-0.2, -0.15) is 5.11 Å². The number of hydrogen-bond acceptors (Lipinski definition) is 5. The molecule has 0 fully saturated rings. The third-order valence-electron chi connectivity index (χ3n) is 4.57. The van der Waals surface area contributed by atoms with Crippen molar-refractivity contribution in [3.63, 3.8) is 0 Å². The van der Waals surface area contributed by atoms with Crippen molar-refractivity contribution in [2.45, 2.75) is 39.7 Å². The number of nitrogens with zero attached hydrogens (tertiary/aromatic N) is 4. The van der Waals surface area contributed by atoms with Crippen LogP contribution >= 0.6 is 11.3 Å². The number of benzene rings is 1. The van der Waals surface area contributed by atoms with Crippen molar-refractivity contribution in [1.82, 2.24) is 15.0 Å². The smallest absolute Gasteiger partial charge is 0.185 e. The first-order valence-corrected chi connectivity index (χ1v) is 9.68. The SMILES string of the molecule is CCc1cccc2c(CN=Nc3ncnc4sc(C(C)C)cc34)c[nH]c12. The molecular formula is C20H21N5S. The molecule has 0 aliphatic carbocycles. The fourth-order valence-electron chi connectivity index (χ4n) is 3.11. The second-order valence-electron chi connectivity index (χ2n) is 6.63. The number of hydrogen-bond donors (Lipinski definition) is 1. The summed E-state index contributed by atoms with van der Waals surface area (Å²) in [6.07, 6.45) is 4.60. The molecule has 0 amide bonds. The normalized spacial score (nSPS) is 12.2. The Labute approximate surface area is 156 Å². The Kier molecular flexibility index (Phi) is 4.51. The molecule has 132 valence electrons. The lowest BCUT2D eigenvalue weighted by Crippen LogP contribution is -1.83. The van der Waals surface area contributed by atoms with Crippen LogP contribution < -0.4 is 0 Å². The summed E-state index contributed by atoms with van der Waals surface area (Å²) < 4.78 is 0. The molecule has 0 unspecified atom stereocenters. The van der Waals surface area contributed by atoms with Crippen LogP contribution in [-0.2, 0) is 13.0 Å². The van der Waals surface area contributed by atoms with Gasteiger partial charge in [0, 0.05) is 27.5 Å². The molecule has 1 aromatic carbocycles. The molecule has 4 rings (SSSR count). The molecule has 3 aromatic heterocycles. The van der Waals surface area contributed by atoms with Crippen LogP contribution in [0.1, 0.15) is 42.7 Å². The minimum absolute atomic E-state index is 0.470. The number of thiophene rings is 1. The monoisotopic (exact) mass is 363 g/mol. The molecule has 0 saturated carbocycles. The molecule has 6 heteroatoms. The number of aromatic amines is 1. The summed E-state index contributed by atoms with van der Waals surface area (Å²) in [5.41, 5.74) is 3.67. The molecule has 26 heavy (non-hydrogen) atoms. The van der Waals surface area contributed by atoms with Crippen molar-refractivity contribution in [2.24, 2.45) is 10.2 Å². The lowest BCUT2D eigenvalue weighted by atomic mass is 10.1. The third-order valence-corrected chi connectivity index (χ3v) is 5.91. The van der Waals surface area contributed by atoms with Gasteiger partial charge >= 0.3 is 0 Å². The Morgan fingerprint density at radius 1 is 1.15 bits per heavy atom. The summed E-state index contributed by atoms with van der Waals surface area (Å²) >= 11 is 1.70. The van der Waals surface area contributed by atoms with Crippen LogP contribution in [0.25, 0.3) is 21.1 Å². The van der Waals surface area contributed by atoms with Crippen molar-refractivity contribution < 1.29 is 0 Å². The summed E-state index contributed by atoms with van der Waals surface area (Å²) in [6.45, 7) is 7.06. The van der Waals surface area contributed by atoms with Crippen LogP contribution in [-0.4, -0.2) is 15.0 Å². The quantitative estimate of drug-likeness (QED) is 0.433. The maximum atomic E-state index is 4.41. The number of fused-ring (bicyclic) bond motifs is 2. The predicted octanol–water partition coefficient (Wildman–Crippen LogP) is 6.14. The van der Waals surface area contributed by atoms with Crippen LogP contribution in [0, 0.1) is 0 Å². The summed E-state index contributed by atoms with van der Waals surface area (Å²) in [5, 5.41) is 11.0. The van der Waals surface area contributed by atoms with Gasteiger partial charge in [-0.05, 0) is 24.0 Å². The Bertz CT molecular complexity index is 1090. The fourth-order valence-corrected chi connectivity index (χ4v) is 4.10. The summed E-state index contributed by atoms with van der Waals surface area (Å²) in [5.74, 6) is 1.12. The van der Waals surface area contributed by atoms with E-state index in [0.717, 1.165) is 22.2 Å². The fraction of sp³-hybridized carbons (Fsp3) is 0.300. The molecule has 5 nitrogen and oxygen atoms in total. The van der Waals surface area contributed by atoms with E-state index in [9.17, 15) is 0 Å². The van der Waals surface area contributed by atoms with E-state index in [4.69, 9.17) is 0 Å². The van der Waals surface area contributed by atoms with E-state index in [1.54, 1.807) is 17.7 Å². The van der Waals surface area contributed by atoms with Crippen LogP contribution in [0.15, 0.2) is 47.0 Å². The number of nitrogens with one attached hydrogen (secondary N) is 1. The Morgan fingerprint density at radius 3 is 2.85 bits per heavy atom. The molecule has 0 saturated heterocycles. The van der Waals surface area contributed by atoms with E-state index >= 15 is 0 Å². The molecular weight excluding hydrogens is 342 g/mol. The van der Waals surface area contributed by atoms with Gasteiger partial charge in [0.15, 0.2) is 5.82 Å². The number of rotatable bonds is 5. The summed E-state index contributed by atoms with van der Waals surface area (Å²) in [7, 11) is 0. The zero-order chi connectivity index (χ0) is 18.1. The highest BCUT2D eigenvalue weighted by Gasteiger charge is 2.11. The molecule has 0 aliphatic heterocycles. The summed E-state index contributed by atoms with van der Waals surface area (Å²) in [6, 6.07) is 8.53. The van der Waals surface area contributed by atoms with E-state index in [1.807, 2.05) is 6.20 Å². The number of aromatic nitrogens is 3. The molecule has 3 heterocycles. The first-order chi connectivity index (χ1) is 12.7. The predicted molar refractivity (Wildman–Crippen MR) is 107 cm³/mol. The number of para-hydroxylation sites is 1. The van der Waals surface area contributed by atoms with Gasteiger partial charge in [-0.25, -0.2) is 9.97 Å². The summed E-state index contributed by atoms with van der Waals surface area (Å²) in [4.78, 5) is 14.3. The van der Waals surface area contributed by atoms with Crippen LogP contribution in [0.3, 0.4) is 0 Å². The third kappa shape index (κ3) is 3.01. The molecule has 1 N–H and O–H groups in total. The second-order valence-corrected chi connectivity index (χ2v) is 7.69. The molecule has 4 aromatic rings. The van der Waals surface area contributed by atoms with E-state index < -0.39 is 0 Å². The zero-order valence-electron chi connectivity index (χ0n) is 15.2. The van der Waals surface area contributed by atoms with Crippen LogP contribution in [0.5, 0.6) is 0 Å². The lowest BCUT2D eigenvalue weighted by molar-refractivity contribution is 0.890. The first-order valence-electron chi connectivity index (χ1n) is 8.87. The first kappa shape index (κ1) is 16.8. The molecule has 0 aliphatic rings. The highest BCUT2D eigenvalue weighted by atomic mass is 32.1. The largest absolute Gasteiger partial charge is 0.361 e. The van der Waals surface area contributed by atoms with E-state index in [0.29, 0.717) is 18.3 Å². The topological polar surface area (TPSA) is 66.3 Å². The van der Waals surface area contributed by atoms with Gasteiger partial charge in [0.2, 0.25) is 0 Å². The molecule has 0 atom stereocenters. The van der Waals surface area contributed by atoms with Crippen molar-refractivity contribution in [2.75, 3.05) is 0 Å². The maximum absolute atomic E-state index is 4.41. The van der Waals surface area contributed by atoms with E-state index in [1.165, 1.54) is 21.3 Å². The van der Waals surface area contributed by atoms with E-state index in [-0.39, 0.29) is 0 Å². The average Bonchev–Trinajstić information content (AvgIpc) is 3.26. The minimum Gasteiger partial charge on any atom is -0.361 e. The van der Waals surface area contributed by atoms with Gasteiger partial charge in [0.1, 0.15) is 11.2 Å². The van der Waals surface area contributed by atoms with Crippen molar-refractivity contribution in [1.29, 1.82) is 0 Å². The highest BCUT2D eigenvalue weighted by molar-refractivity contribution is 7.18. The zero-order valence-corrected chi connectivity index (χ0v) is 16.0. The molecule has 0 spiro atoms. The standard InChI is InChI=1S/C20H21N5S/c1-4-13-6-5-7-15-14(9-21-18(13)15)10-24-25-19-16-8-17(12(2)3)26-20(16)23-11-22-19/h5-9,11-12,21H,4,10H2,1-3H3. The van der Waals surface area contributed by atoms with Crippen molar-refractivity contribution >= 4 is 38.3 Å². The van der Waals surface area contributed by atoms with Gasteiger partial charge < -0.3 is 4.98 Å². The minimum atomic E-state index is 0.470. The molecule has 0 bridgehead atoms. The highest BCUT2D eigenvalue weighted by Crippen LogP contribution is 2.33. The van der Waals surface area contributed by atoms with Crippen LogP contribution in [0.2, 0.25) is 0 Å². The Morgan fingerprint density at radius 2 is 2.04 bits per heavy atom. The van der Waals surface area contributed by atoms with Crippen LogP contribution in [0.4, 0.5) is 5.82 Å². The van der Waals surface area contributed by atoms with Crippen molar-refractivity contribution in [3.05, 3.63) is 52.8 Å². The van der Waals surface area contributed by atoms with E-state index in [2.05, 4.69) is 70.2 Å². The number of aryl methyl sites for hydroxylation is 1. The number of azo groups is 1. The Balaban J connectivity index is 1.62. The van der Waals surface area contributed by atoms with Crippen molar-refractivity contribution in [3.8, 4) is 0 Å². The van der Waals surface area contributed by atoms with Gasteiger partial charge in [0.25, 0.3) is 0 Å². The Hall–Kier alpha value is -2.60. The van der Waals surface area contributed by atoms with Gasteiger partial charge in [-0.3, -0.25) is 0 Å².